The minimum absolute atomic E-state index is 0.0279. The van der Waals surface area contributed by atoms with Crippen LogP contribution in [0.3, 0.4) is 0 Å². The molecule has 1 aromatic heterocycles. The smallest absolute Gasteiger partial charge is 0.316 e. The fourth-order valence-electron chi connectivity index (χ4n) is 2.48. The van der Waals surface area contributed by atoms with Crippen molar-refractivity contribution in [2.75, 3.05) is 17.7 Å². The third-order valence-electron chi connectivity index (χ3n) is 3.92. The molecule has 29 heavy (non-hydrogen) atoms. The molecule has 0 radical (unpaired) electrons. The van der Waals surface area contributed by atoms with Crippen molar-refractivity contribution in [3.8, 4) is 0 Å². The second-order valence-corrected chi connectivity index (χ2v) is 7.02. The number of nitrogens with zero attached hydrogens (tertiary/aromatic N) is 3. The molecule has 3 rings (SSSR count). The number of rotatable bonds is 8. The van der Waals surface area contributed by atoms with Crippen LogP contribution in [-0.2, 0) is 20.9 Å². The molecule has 0 aliphatic carbocycles. The van der Waals surface area contributed by atoms with Crippen molar-refractivity contribution in [3.63, 3.8) is 0 Å². The summed E-state index contributed by atoms with van der Waals surface area (Å²) in [4.78, 5) is 23.8. The number of halogens is 1. The van der Waals surface area contributed by atoms with E-state index in [1.165, 1.54) is 30.0 Å². The summed E-state index contributed by atoms with van der Waals surface area (Å²) >= 11 is 1.18. The van der Waals surface area contributed by atoms with Crippen LogP contribution in [0.25, 0.3) is 0 Å². The van der Waals surface area contributed by atoms with Crippen LogP contribution in [0.5, 0.6) is 0 Å². The van der Waals surface area contributed by atoms with Gasteiger partial charge in [0.2, 0.25) is 0 Å². The fraction of sp³-hybridized carbons (Fsp3) is 0.200. The molecule has 0 saturated heterocycles. The second-order valence-electron chi connectivity index (χ2n) is 6.08. The van der Waals surface area contributed by atoms with E-state index in [9.17, 15) is 14.0 Å². The van der Waals surface area contributed by atoms with Crippen molar-refractivity contribution in [1.82, 2.24) is 14.8 Å². The Balaban J connectivity index is 1.48. The van der Waals surface area contributed by atoms with E-state index in [1.807, 2.05) is 41.8 Å². The average Bonchev–Trinajstić information content (AvgIpc) is 3.07. The molecule has 1 N–H and O–H groups in total. The second kappa shape index (κ2) is 9.83. The Bertz CT molecular complexity index is 994. The molecule has 0 bridgehead atoms. The molecule has 3 aromatic rings. The van der Waals surface area contributed by atoms with Gasteiger partial charge in [-0.3, -0.25) is 9.59 Å². The zero-order valence-electron chi connectivity index (χ0n) is 15.7. The van der Waals surface area contributed by atoms with Gasteiger partial charge in [-0.2, -0.15) is 0 Å². The van der Waals surface area contributed by atoms with Crippen molar-refractivity contribution in [2.45, 2.75) is 18.6 Å². The minimum atomic E-state index is -0.614. The number of para-hydroxylation sites is 1. The number of anilines is 1. The molecule has 7 nitrogen and oxygen atoms in total. The van der Waals surface area contributed by atoms with E-state index in [4.69, 9.17) is 4.74 Å². The Kier molecular flexibility index (Phi) is 6.96. The van der Waals surface area contributed by atoms with Gasteiger partial charge in [0.1, 0.15) is 11.6 Å². The molecular weight excluding hydrogens is 395 g/mol. The summed E-state index contributed by atoms with van der Waals surface area (Å²) < 4.78 is 20.4. The van der Waals surface area contributed by atoms with Crippen molar-refractivity contribution in [2.24, 2.45) is 0 Å². The number of ether oxygens (including phenoxy) is 1. The number of nitrogens with one attached hydrogen (secondary N) is 1. The van der Waals surface area contributed by atoms with Crippen molar-refractivity contribution in [3.05, 3.63) is 71.8 Å². The number of aromatic nitrogens is 3. The van der Waals surface area contributed by atoms with Gasteiger partial charge in [-0.15, -0.1) is 10.2 Å². The van der Waals surface area contributed by atoms with Crippen LogP contribution in [0.4, 0.5) is 10.1 Å². The third kappa shape index (κ3) is 5.89. The average molecular weight is 414 g/mol. The summed E-state index contributed by atoms with van der Waals surface area (Å²) in [5.41, 5.74) is 1.12. The molecule has 2 aromatic carbocycles. The van der Waals surface area contributed by atoms with Gasteiger partial charge in [0.15, 0.2) is 11.8 Å². The van der Waals surface area contributed by atoms with Gasteiger partial charge in [0, 0.05) is 0 Å². The molecule has 0 aliphatic heterocycles. The highest BCUT2D eigenvalue weighted by Crippen LogP contribution is 2.19. The van der Waals surface area contributed by atoms with E-state index in [1.54, 1.807) is 6.07 Å². The largest absolute Gasteiger partial charge is 0.455 e. The predicted molar refractivity (Wildman–Crippen MR) is 107 cm³/mol. The molecule has 1 amide bonds. The summed E-state index contributed by atoms with van der Waals surface area (Å²) in [7, 11) is 0. The van der Waals surface area contributed by atoms with Gasteiger partial charge in [-0.1, -0.05) is 54.2 Å². The number of hydrogen-bond donors (Lipinski definition) is 1. The van der Waals surface area contributed by atoms with Crippen LogP contribution < -0.4 is 5.32 Å². The Morgan fingerprint density at radius 2 is 1.83 bits per heavy atom. The van der Waals surface area contributed by atoms with E-state index in [2.05, 4.69) is 15.5 Å². The maximum absolute atomic E-state index is 13.5. The Morgan fingerprint density at radius 3 is 2.59 bits per heavy atom. The number of aryl methyl sites for hydroxylation is 1. The molecule has 0 atom stereocenters. The predicted octanol–water partition coefficient (Wildman–Crippen LogP) is 3.05. The number of esters is 1. The van der Waals surface area contributed by atoms with E-state index < -0.39 is 24.3 Å². The number of hydrogen-bond acceptors (Lipinski definition) is 6. The van der Waals surface area contributed by atoms with Gasteiger partial charge >= 0.3 is 5.97 Å². The normalized spacial score (nSPS) is 10.6. The number of carbonyl (C=O) groups excluding carboxylic acids is 2. The van der Waals surface area contributed by atoms with Gasteiger partial charge in [-0.05, 0) is 24.6 Å². The molecular formula is C20H19FN4O3S. The van der Waals surface area contributed by atoms with Crippen LogP contribution in [-0.4, -0.2) is 39.0 Å². The highest BCUT2D eigenvalue weighted by atomic mass is 32.2. The molecule has 150 valence electrons. The lowest BCUT2D eigenvalue weighted by molar-refractivity contribution is -0.144. The lowest BCUT2D eigenvalue weighted by Gasteiger charge is -2.09. The molecule has 1 heterocycles. The molecule has 0 fully saturated rings. The monoisotopic (exact) mass is 414 g/mol. The number of carbonyl (C=O) groups is 2. The van der Waals surface area contributed by atoms with Gasteiger partial charge in [0.25, 0.3) is 5.91 Å². The first-order valence-corrected chi connectivity index (χ1v) is 9.78. The van der Waals surface area contributed by atoms with Gasteiger partial charge in [0.05, 0.1) is 18.0 Å². The highest BCUT2D eigenvalue weighted by Gasteiger charge is 2.14. The number of amides is 1. The van der Waals surface area contributed by atoms with Crippen LogP contribution in [0.2, 0.25) is 0 Å². The first kappa shape index (κ1) is 20.5. The summed E-state index contributed by atoms with van der Waals surface area (Å²) in [5, 5.41) is 11.1. The van der Waals surface area contributed by atoms with E-state index in [-0.39, 0.29) is 11.4 Å². The van der Waals surface area contributed by atoms with Crippen LogP contribution in [0, 0.1) is 12.7 Å². The number of thioether (sulfide) groups is 1. The Hall–Kier alpha value is -3.20. The first-order chi connectivity index (χ1) is 14.0. The summed E-state index contributed by atoms with van der Waals surface area (Å²) in [6.45, 7) is 1.93. The standard InChI is InChI=1S/C20H19FN4O3S/c1-14-23-24-20(25(14)11-15-7-3-2-4-8-15)29-13-19(27)28-12-18(26)22-17-10-6-5-9-16(17)21/h2-10H,11-13H2,1H3,(H,22,26). The van der Waals surface area contributed by atoms with E-state index in [0.29, 0.717) is 11.7 Å². The number of benzene rings is 2. The summed E-state index contributed by atoms with van der Waals surface area (Å²) in [5.74, 6) is -1.05. The van der Waals surface area contributed by atoms with Crippen molar-refractivity contribution in [1.29, 1.82) is 0 Å². The molecule has 9 heteroatoms. The maximum Gasteiger partial charge on any atom is 0.316 e. The van der Waals surface area contributed by atoms with Crippen LogP contribution in [0.1, 0.15) is 11.4 Å². The van der Waals surface area contributed by atoms with Crippen molar-refractivity contribution < 1.29 is 18.7 Å². The SMILES string of the molecule is Cc1nnc(SCC(=O)OCC(=O)Nc2ccccc2F)n1Cc1ccccc1. The molecule has 0 saturated carbocycles. The Labute approximate surface area is 171 Å². The fourth-order valence-corrected chi connectivity index (χ4v) is 3.26. The van der Waals surface area contributed by atoms with Crippen LogP contribution in [0.15, 0.2) is 59.8 Å². The van der Waals surface area contributed by atoms with Crippen LogP contribution >= 0.6 is 11.8 Å². The van der Waals surface area contributed by atoms with Gasteiger partial charge in [-0.25, -0.2) is 4.39 Å². The third-order valence-corrected chi connectivity index (χ3v) is 4.86. The van der Waals surface area contributed by atoms with E-state index in [0.717, 1.165) is 11.4 Å². The zero-order chi connectivity index (χ0) is 20.6. The highest BCUT2D eigenvalue weighted by molar-refractivity contribution is 7.99. The summed E-state index contributed by atoms with van der Waals surface area (Å²) in [6.07, 6.45) is 0. The topological polar surface area (TPSA) is 86.1 Å². The van der Waals surface area contributed by atoms with E-state index >= 15 is 0 Å². The van der Waals surface area contributed by atoms with Crippen molar-refractivity contribution >= 4 is 29.3 Å². The quantitative estimate of drug-likeness (QED) is 0.450. The molecule has 0 aliphatic rings. The summed E-state index contributed by atoms with van der Waals surface area (Å²) in [6, 6.07) is 15.6. The minimum Gasteiger partial charge on any atom is -0.455 e. The lowest BCUT2D eigenvalue weighted by atomic mass is 10.2. The zero-order valence-corrected chi connectivity index (χ0v) is 16.5. The maximum atomic E-state index is 13.5. The first-order valence-electron chi connectivity index (χ1n) is 8.79. The van der Waals surface area contributed by atoms with Gasteiger partial charge < -0.3 is 14.6 Å². The molecule has 0 spiro atoms. The molecule has 0 unspecified atom stereocenters. The lowest BCUT2D eigenvalue weighted by Crippen LogP contribution is -2.22. The Morgan fingerprint density at radius 1 is 1.10 bits per heavy atom.